The van der Waals surface area contributed by atoms with Crippen molar-refractivity contribution in [2.75, 3.05) is 17.6 Å². The Bertz CT molecular complexity index is 2200. The molecular weight excluding hydrogens is 589 g/mol. The number of sulfonamides is 1. The molecule has 0 unspecified atom stereocenters. The van der Waals surface area contributed by atoms with E-state index in [2.05, 4.69) is 0 Å². The molecule has 0 saturated heterocycles. The standard InChI is InChI=1S/C33H26FNO6S2/c1-4-28(36)32-26-18-25(21-9-7-10-22(16-21)31-17-23-8-5-6-11-30(23)43(31,39)40)27(35(2)42(3,37)38)19-29(26)41-33(32)20-12-14-24(34)15-13-20/h5-19H,4H2,1-3H3. The van der Waals surface area contributed by atoms with Crippen molar-refractivity contribution in [1.29, 1.82) is 0 Å². The van der Waals surface area contributed by atoms with Crippen LogP contribution in [-0.2, 0) is 19.9 Å². The molecule has 0 N–H and O–H groups in total. The molecule has 0 fully saturated rings. The molecule has 6 rings (SSSR count). The van der Waals surface area contributed by atoms with Crippen LogP contribution in [0.4, 0.5) is 10.1 Å². The van der Waals surface area contributed by atoms with Crippen molar-refractivity contribution in [3.8, 4) is 22.5 Å². The Labute approximate surface area is 248 Å². The first kappa shape index (κ1) is 28.6. The number of Topliss-reactive ketones (excluding diaryl/α,β-unsaturated/α-hetero) is 1. The smallest absolute Gasteiger partial charge is 0.232 e. The minimum atomic E-state index is -3.77. The van der Waals surface area contributed by atoms with Crippen LogP contribution < -0.4 is 4.31 Å². The Hall–Kier alpha value is -4.54. The number of anilines is 1. The summed E-state index contributed by atoms with van der Waals surface area (Å²) >= 11 is 0. The van der Waals surface area contributed by atoms with E-state index in [1.807, 2.05) is 0 Å². The van der Waals surface area contributed by atoms with E-state index in [0.29, 0.717) is 38.8 Å². The topological polar surface area (TPSA) is 102 Å². The second-order valence-corrected chi connectivity index (χ2v) is 14.2. The molecule has 43 heavy (non-hydrogen) atoms. The molecule has 10 heteroatoms. The Morgan fingerprint density at radius 3 is 2.28 bits per heavy atom. The van der Waals surface area contributed by atoms with Gasteiger partial charge in [0.05, 0.1) is 27.3 Å². The number of carbonyl (C=O) groups excluding carboxylic acids is 1. The summed E-state index contributed by atoms with van der Waals surface area (Å²) in [7, 11) is -6.10. The number of hydrogen-bond donors (Lipinski definition) is 0. The van der Waals surface area contributed by atoms with E-state index >= 15 is 0 Å². The summed E-state index contributed by atoms with van der Waals surface area (Å²) < 4.78 is 73.2. The lowest BCUT2D eigenvalue weighted by Gasteiger charge is -2.21. The first-order chi connectivity index (χ1) is 20.4. The number of ketones is 1. The van der Waals surface area contributed by atoms with E-state index in [9.17, 15) is 26.0 Å². The van der Waals surface area contributed by atoms with Gasteiger partial charge in [-0.15, -0.1) is 0 Å². The highest BCUT2D eigenvalue weighted by molar-refractivity contribution is 8.01. The zero-order valence-corrected chi connectivity index (χ0v) is 25.1. The zero-order valence-electron chi connectivity index (χ0n) is 23.5. The number of hydrogen-bond acceptors (Lipinski definition) is 6. The highest BCUT2D eigenvalue weighted by atomic mass is 32.2. The predicted octanol–water partition coefficient (Wildman–Crippen LogP) is 7.18. The third kappa shape index (κ3) is 4.86. The van der Waals surface area contributed by atoms with Crippen molar-refractivity contribution in [1.82, 2.24) is 0 Å². The van der Waals surface area contributed by atoms with Crippen LogP contribution >= 0.6 is 0 Å². The number of fused-ring (bicyclic) bond motifs is 2. The van der Waals surface area contributed by atoms with Crippen LogP contribution in [0.1, 0.15) is 34.8 Å². The average Bonchev–Trinajstić information content (AvgIpc) is 3.49. The van der Waals surface area contributed by atoms with E-state index in [-0.39, 0.29) is 39.0 Å². The molecule has 0 saturated carbocycles. The summed E-state index contributed by atoms with van der Waals surface area (Å²) in [6, 6.07) is 22.4. The van der Waals surface area contributed by atoms with Crippen molar-refractivity contribution >= 4 is 53.3 Å². The number of halogens is 1. The maximum absolute atomic E-state index is 13.7. The van der Waals surface area contributed by atoms with Gasteiger partial charge in [0.25, 0.3) is 0 Å². The Kier molecular flexibility index (Phi) is 6.86. The fraction of sp³-hybridized carbons (Fsp3) is 0.121. The van der Waals surface area contributed by atoms with Crippen molar-refractivity contribution in [3.05, 3.63) is 107 Å². The SMILES string of the molecule is CCC(=O)c1c(-c2ccc(F)cc2)oc2cc(N(C)S(C)(=O)=O)c(-c3cccc(C4=Cc5ccccc5S4(=O)=O)c3)cc12. The summed E-state index contributed by atoms with van der Waals surface area (Å²) in [5, 5.41) is 0.456. The maximum Gasteiger partial charge on any atom is 0.232 e. The van der Waals surface area contributed by atoms with Gasteiger partial charge in [-0.3, -0.25) is 9.10 Å². The highest BCUT2D eigenvalue weighted by Crippen LogP contribution is 2.44. The lowest BCUT2D eigenvalue weighted by atomic mass is 9.95. The van der Waals surface area contributed by atoms with Crippen molar-refractivity contribution in [2.24, 2.45) is 0 Å². The Morgan fingerprint density at radius 2 is 1.60 bits per heavy atom. The van der Waals surface area contributed by atoms with Gasteiger partial charge in [0, 0.05) is 36.0 Å². The monoisotopic (exact) mass is 615 g/mol. The molecule has 1 aromatic heterocycles. The van der Waals surface area contributed by atoms with Crippen LogP contribution in [0.3, 0.4) is 0 Å². The van der Waals surface area contributed by atoms with Gasteiger partial charge in [0.1, 0.15) is 17.2 Å². The number of nitrogens with zero attached hydrogens (tertiary/aromatic N) is 1. The highest BCUT2D eigenvalue weighted by Gasteiger charge is 2.31. The normalized spacial score (nSPS) is 14.0. The molecular formula is C33H26FNO6S2. The van der Waals surface area contributed by atoms with Gasteiger partial charge < -0.3 is 4.42 Å². The molecule has 0 bridgehead atoms. The van der Waals surface area contributed by atoms with E-state index in [0.717, 1.165) is 10.6 Å². The van der Waals surface area contributed by atoms with Gasteiger partial charge in [-0.1, -0.05) is 43.3 Å². The van der Waals surface area contributed by atoms with E-state index in [4.69, 9.17) is 4.42 Å². The minimum absolute atomic E-state index is 0.137. The summed E-state index contributed by atoms with van der Waals surface area (Å²) in [5.41, 5.74) is 3.36. The number of benzene rings is 4. The lowest BCUT2D eigenvalue weighted by molar-refractivity contribution is 0.0989. The third-order valence-corrected chi connectivity index (χ3v) is 10.7. The van der Waals surface area contributed by atoms with Crippen LogP contribution in [0, 0.1) is 5.82 Å². The van der Waals surface area contributed by atoms with Crippen LogP contribution in [0.15, 0.2) is 94.2 Å². The van der Waals surface area contributed by atoms with Gasteiger partial charge in [0.2, 0.25) is 19.9 Å². The molecule has 1 aliphatic heterocycles. The molecule has 4 aromatic carbocycles. The van der Waals surface area contributed by atoms with Crippen LogP contribution in [0.25, 0.3) is 44.4 Å². The van der Waals surface area contributed by atoms with Gasteiger partial charge in [-0.2, -0.15) is 0 Å². The molecule has 0 spiro atoms. The first-order valence-electron chi connectivity index (χ1n) is 13.4. The minimum Gasteiger partial charge on any atom is -0.455 e. The van der Waals surface area contributed by atoms with E-state index in [1.165, 1.54) is 31.3 Å². The van der Waals surface area contributed by atoms with Crippen molar-refractivity contribution in [2.45, 2.75) is 18.2 Å². The lowest BCUT2D eigenvalue weighted by Crippen LogP contribution is -2.25. The third-order valence-electron chi connectivity index (χ3n) is 7.59. The van der Waals surface area contributed by atoms with Gasteiger partial charge in [0.15, 0.2) is 5.78 Å². The zero-order chi connectivity index (χ0) is 30.7. The molecule has 7 nitrogen and oxygen atoms in total. The maximum atomic E-state index is 13.7. The Balaban J connectivity index is 1.61. The molecule has 5 aromatic rings. The van der Waals surface area contributed by atoms with Crippen LogP contribution in [0.2, 0.25) is 0 Å². The van der Waals surface area contributed by atoms with Gasteiger partial charge in [-0.25, -0.2) is 21.2 Å². The molecule has 0 radical (unpaired) electrons. The number of rotatable bonds is 7. The fourth-order valence-electron chi connectivity index (χ4n) is 5.32. The number of carbonyl (C=O) groups is 1. The van der Waals surface area contributed by atoms with Gasteiger partial charge >= 0.3 is 0 Å². The largest absolute Gasteiger partial charge is 0.455 e. The average molecular weight is 616 g/mol. The molecule has 2 heterocycles. The Morgan fingerprint density at radius 1 is 0.907 bits per heavy atom. The van der Waals surface area contributed by atoms with Crippen molar-refractivity contribution in [3.63, 3.8) is 0 Å². The second-order valence-electron chi connectivity index (χ2n) is 10.3. The fourth-order valence-corrected chi connectivity index (χ4v) is 7.48. The summed E-state index contributed by atoms with van der Waals surface area (Å²) in [6.45, 7) is 1.72. The number of sulfone groups is 1. The summed E-state index contributed by atoms with van der Waals surface area (Å²) in [4.78, 5) is 13.6. The molecule has 1 aliphatic rings. The van der Waals surface area contributed by atoms with Gasteiger partial charge in [-0.05, 0) is 65.2 Å². The first-order valence-corrected chi connectivity index (χ1v) is 16.7. The molecule has 0 atom stereocenters. The van der Waals surface area contributed by atoms with E-state index in [1.54, 1.807) is 73.7 Å². The van der Waals surface area contributed by atoms with Crippen LogP contribution in [-0.4, -0.2) is 35.9 Å². The summed E-state index contributed by atoms with van der Waals surface area (Å²) in [6.07, 6.45) is 2.87. The second kappa shape index (κ2) is 10.3. The van der Waals surface area contributed by atoms with Crippen LogP contribution in [0.5, 0.6) is 0 Å². The van der Waals surface area contributed by atoms with E-state index < -0.39 is 25.7 Å². The quantitative estimate of drug-likeness (QED) is 0.180. The van der Waals surface area contributed by atoms with Crippen molar-refractivity contribution < 1.29 is 30.4 Å². The number of furan rings is 1. The molecule has 0 amide bonds. The predicted molar refractivity (Wildman–Crippen MR) is 166 cm³/mol. The summed E-state index contributed by atoms with van der Waals surface area (Å²) in [5.74, 6) is -0.396. The molecule has 218 valence electrons. The molecule has 0 aliphatic carbocycles.